The number of fused-ring (bicyclic) bond motifs is 2. The Bertz CT molecular complexity index is 616. The van der Waals surface area contributed by atoms with Gasteiger partial charge in [0, 0.05) is 37.8 Å². The van der Waals surface area contributed by atoms with Crippen molar-refractivity contribution in [1.82, 2.24) is 15.1 Å². The van der Waals surface area contributed by atoms with Crippen LogP contribution >= 0.6 is 0 Å². The quantitative estimate of drug-likeness (QED) is 0.882. The Morgan fingerprint density at radius 2 is 1.81 bits per heavy atom. The number of morpholine rings is 1. The minimum Gasteiger partial charge on any atom is -0.497 e. The molecule has 0 aliphatic carbocycles. The fourth-order valence-electron chi connectivity index (χ4n) is 4.83. The molecule has 0 radical (unpaired) electrons. The van der Waals surface area contributed by atoms with E-state index in [1.54, 1.807) is 7.11 Å². The second-order valence-corrected chi connectivity index (χ2v) is 7.98. The summed E-state index contributed by atoms with van der Waals surface area (Å²) in [6.07, 6.45) is 5.89. The zero-order valence-electron chi connectivity index (χ0n) is 16.2. The van der Waals surface area contributed by atoms with Gasteiger partial charge >= 0.3 is 6.03 Å². The van der Waals surface area contributed by atoms with Gasteiger partial charge in [-0.1, -0.05) is 18.6 Å². The number of piperidine rings is 2. The lowest BCUT2D eigenvalue weighted by atomic mass is 9.81. The molecule has 148 valence electrons. The van der Waals surface area contributed by atoms with E-state index in [2.05, 4.69) is 22.3 Å². The van der Waals surface area contributed by atoms with Crippen molar-refractivity contribution in [2.24, 2.45) is 0 Å². The van der Waals surface area contributed by atoms with Crippen LogP contribution in [0.15, 0.2) is 24.3 Å². The number of hydrogen-bond donors (Lipinski definition) is 1. The number of ether oxygens (including phenoxy) is 2. The van der Waals surface area contributed by atoms with Crippen molar-refractivity contribution in [3.05, 3.63) is 29.8 Å². The standard InChI is InChI=1S/C21H31N3O3/c1-26-20-7-5-16(6-8-20)15-24-18-3-2-4-19(24)14-17(13-18)22-21(25)23-9-11-27-12-10-23/h5-8,17-19H,2-4,9-15H2,1H3,(H,22,25)/t18-,19-/m0/s1. The van der Waals surface area contributed by atoms with E-state index in [4.69, 9.17) is 9.47 Å². The number of amides is 2. The average Bonchev–Trinajstić information content (AvgIpc) is 2.70. The molecule has 1 N–H and O–H groups in total. The third-order valence-electron chi connectivity index (χ3n) is 6.28. The van der Waals surface area contributed by atoms with Gasteiger partial charge in [0.2, 0.25) is 0 Å². The Kier molecular flexibility index (Phi) is 5.83. The van der Waals surface area contributed by atoms with Crippen LogP contribution in [0.1, 0.15) is 37.7 Å². The van der Waals surface area contributed by atoms with E-state index >= 15 is 0 Å². The third kappa shape index (κ3) is 4.38. The van der Waals surface area contributed by atoms with Crippen LogP contribution in [0.5, 0.6) is 5.75 Å². The summed E-state index contributed by atoms with van der Waals surface area (Å²) >= 11 is 0. The van der Waals surface area contributed by atoms with Crippen molar-refractivity contribution in [2.75, 3.05) is 33.4 Å². The molecule has 6 heteroatoms. The predicted molar refractivity (Wildman–Crippen MR) is 104 cm³/mol. The predicted octanol–water partition coefficient (Wildman–Crippen LogP) is 2.62. The maximum Gasteiger partial charge on any atom is 0.317 e. The van der Waals surface area contributed by atoms with Crippen LogP contribution in [0.2, 0.25) is 0 Å². The summed E-state index contributed by atoms with van der Waals surface area (Å²) in [5.41, 5.74) is 1.34. The van der Waals surface area contributed by atoms with Crippen molar-refractivity contribution in [2.45, 2.75) is 56.8 Å². The smallest absolute Gasteiger partial charge is 0.317 e. The van der Waals surface area contributed by atoms with Gasteiger partial charge in [0.25, 0.3) is 0 Å². The van der Waals surface area contributed by atoms with Gasteiger partial charge in [0.15, 0.2) is 0 Å². The summed E-state index contributed by atoms with van der Waals surface area (Å²) in [4.78, 5) is 17.1. The lowest BCUT2D eigenvalue weighted by Gasteiger charge is -2.49. The molecule has 3 aliphatic rings. The number of benzene rings is 1. The van der Waals surface area contributed by atoms with Crippen LogP contribution < -0.4 is 10.1 Å². The third-order valence-corrected chi connectivity index (χ3v) is 6.28. The summed E-state index contributed by atoms with van der Waals surface area (Å²) in [5, 5.41) is 3.30. The van der Waals surface area contributed by atoms with Crippen molar-refractivity contribution >= 4 is 6.03 Å². The number of carbonyl (C=O) groups is 1. The number of rotatable bonds is 4. The van der Waals surface area contributed by atoms with Crippen LogP contribution in [-0.2, 0) is 11.3 Å². The largest absolute Gasteiger partial charge is 0.497 e. The number of nitrogens with one attached hydrogen (secondary N) is 1. The number of nitrogens with zero attached hydrogens (tertiary/aromatic N) is 2. The molecule has 6 nitrogen and oxygen atoms in total. The second-order valence-electron chi connectivity index (χ2n) is 7.98. The van der Waals surface area contributed by atoms with Gasteiger partial charge in [-0.3, -0.25) is 4.90 Å². The fraction of sp³-hybridized carbons (Fsp3) is 0.667. The van der Waals surface area contributed by atoms with Crippen molar-refractivity contribution in [3.63, 3.8) is 0 Å². The van der Waals surface area contributed by atoms with Gasteiger partial charge < -0.3 is 19.7 Å². The monoisotopic (exact) mass is 373 g/mol. The van der Waals surface area contributed by atoms with Crippen molar-refractivity contribution in [1.29, 1.82) is 0 Å². The zero-order chi connectivity index (χ0) is 18.6. The first-order chi connectivity index (χ1) is 13.2. The Hall–Kier alpha value is -1.79. The highest BCUT2D eigenvalue weighted by Crippen LogP contribution is 2.35. The van der Waals surface area contributed by atoms with E-state index in [9.17, 15) is 4.79 Å². The molecule has 2 amide bonds. The van der Waals surface area contributed by atoms with Crippen molar-refractivity contribution in [3.8, 4) is 5.75 Å². The van der Waals surface area contributed by atoms with Gasteiger partial charge in [-0.2, -0.15) is 0 Å². The molecule has 3 fully saturated rings. The normalized spacial score (nSPS) is 28.6. The molecular formula is C21H31N3O3. The van der Waals surface area contributed by atoms with E-state index < -0.39 is 0 Å². The molecule has 3 aliphatic heterocycles. The molecular weight excluding hydrogens is 342 g/mol. The van der Waals surface area contributed by atoms with Crippen LogP contribution in [0.4, 0.5) is 4.79 Å². The molecule has 1 aromatic carbocycles. The van der Waals surface area contributed by atoms with Gasteiger partial charge in [-0.05, 0) is 43.4 Å². The molecule has 0 unspecified atom stereocenters. The summed E-state index contributed by atoms with van der Waals surface area (Å²) in [5.74, 6) is 0.906. The molecule has 0 aromatic heterocycles. The first-order valence-electron chi connectivity index (χ1n) is 10.2. The molecule has 2 atom stereocenters. The van der Waals surface area contributed by atoms with E-state index in [1.807, 2.05) is 17.0 Å². The molecule has 27 heavy (non-hydrogen) atoms. The maximum absolute atomic E-state index is 12.6. The SMILES string of the molecule is COc1ccc(CN2[C@H]3CCC[C@H]2CC(NC(=O)N2CCOCC2)C3)cc1. The number of methoxy groups -OCH3 is 1. The fourth-order valence-corrected chi connectivity index (χ4v) is 4.83. The molecule has 2 bridgehead atoms. The van der Waals surface area contributed by atoms with Gasteiger partial charge in [0.05, 0.1) is 20.3 Å². The average molecular weight is 373 g/mol. The van der Waals surface area contributed by atoms with E-state index in [-0.39, 0.29) is 6.03 Å². The highest BCUT2D eigenvalue weighted by molar-refractivity contribution is 5.74. The highest BCUT2D eigenvalue weighted by atomic mass is 16.5. The number of urea groups is 1. The van der Waals surface area contributed by atoms with Gasteiger partial charge in [0.1, 0.15) is 5.75 Å². The van der Waals surface area contributed by atoms with Gasteiger partial charge in [-0.25, -0.2) is 4.79 Å². The molecule has 4 rings (SSSR count). The first-order valence-corrected chi connectivity index (χ1v) is 10.2. The van der Waals surface area contributed by atoms with E-state index in [0.29, 0.717) is 44.4 Å². The Morgan fingerprint density at radius 3 is 2.44 bits per heavy atom. The topological polar surface area (TPSA) is 54.0 Å². The molecule has 0 spiro atoms. The van der Waals surface area contributed by atoms with Crippen LogP contribution in [0.25, 0.3) is 0 Å². The second kappa shape index (κ2) is 8.48. The van der Waals surface area contributed by atoms with Crippen LogP contribution in [-0.4, -0.2) is 67.4 Å². The van der Waals surface area contributed by atoms with E-state index in [0.717, 1.165) is 25.1 Å². The van der Waals surface area contributed by atoms with Gasteiger partial charge in [-0.15, -0.1) is 0 Å². The maximum atomic E-state index is 12.6. The molecule has 3 heterocycles. The first kappa shape index (κ1) is 18.6. The lowest BCUT2D eigenvalue weighted by molar-refractivity contribution is 0.0160. The summed E-state index contributed by atoms with van der Waals surface area (Å²) in [6, 6.07) is 9.93. The molecule has 3 saturated heterocycles. The van der Waals surface area contributed by atoms with Crippen LogP contribution in [0, 0.1) is 0 Å². The summed E-state index contributed by atoms with van der Waals surface area (Å²) in [7, 11) is 1.70. The number of carbonyl (C=O) groups excluding carboxylic acids is 1. The Balaban J connectivity index is 1.36. The van der Waals surface area contributed by atoms with E-state index in [1.165, 1.54) is 24.8 Å². The minimum absolute atomic E-state index is 0.0879. The highest BCUT2D eigenvalue weighted by Gasteiger charge is 2.39. The molecule has 0 saturated carbocycles. The summed E-state index contributed by atoms with van der Waals surface area (Å²) in [6.45, 7) is 3.70. The molecule has 1 aromatic rings. The lowest BCUT2D eigenvalue weighted by Crippen LogP contribution is -2.58. The number of hydrogen-bond acceptors (Lipinski definition) is 4. The zero-order valence-corrected chi connectivity index (χ0v) is 16.2. The summed E-state index contributed by atoms with van der Waals surface area (Å²) < 4.78 is 10.6. The van der Waals surface area contributed by atoms with Crippen LogP contribution in [0.3, 0.4) is 0 Å². The Labute approximate surface area is 161 Å². The Morgan fingerprint density at radius 1 is 1.15 bits per heavy atom. The van der Waals surface area contributed by atoms with Crippen molar-refractivity contribution < 1.29 is 14.3 Å². The minimum atomic E-state index is 0.0879.